The van der Waals surface area contributed by atoms with E-state index in [9.17, 15) is 9.59 Å². The van der Waals surface area contributed by atoms with E-state index >= 15 is 0 Å². The molecule has 0 N–H and O–H groups in total. The fourth-order valence-corrected chi connectivity index (χ4v) is 2.72. The second-order valence-corrected chi connectivity index (χ2v) is 5.73. The first-order valence-corrected chi connectivity index (χ1v) is 7.96. The summed E-state index contributed by atoms with van der Waals surface area (Å²) in [6.45, 7) is 3.15. The number of ether oxygens (including phenoxy) is 1. The zero-order valence-corrected chi connectivity index (χ0v) is 13.9. The van der Waals surface area contributed by atoms with Crippen molar-refractivity contribution in [3.05, 3.63) is 59.7 Å². The first kappa shape index (κ1) is 16.1. The molecule has 124 valence electrons. The van der Waals surface area contributed by atoms with Crippen molar-refractivity contribution in [2.75, 3.05) is 25.1 Å². The van der Waals surface area contributed by atoms with Crippen molar-refractivity contribution >= 4 is 17.5 Å². The van der Waals surface area contributed by atoms with Crippen LogP contribution in [0.5, 0.6) is 5.75 Å². The SMILES string of the molecule is CCN(Cc1ccccc1)C(=O)c1ccc2c(c1)N(C)C(=O)CO2. The maximum Gasteiger partial charge on any atom is 0.264 e. The van der Waals surface area contributed by atoms with Gasteiger partial charge in [-0.2, -0.15) is 0 Å². The van der Waals surface area contributed by atoms with Gasteiger partial charge in [-0.25, -0.2) is 0 Å². The van der Waals surface area contributed by atoms with E-state index in [1.54, 1.807) is 30.1 Å². The third kappa shape index (κ3) is 3.11. The summed E-state index contributed by atoms with van der Waals surface area (Å²) in [5, 5.41) is 0. The lowest BCUT2D eigenvalue weighted by Crippen LogP contribution is -2.36. The summed E-state index contributed by atoms with van der Waals surface area (Å²) in [6.07, 6.45) is 0. The Bertz CT molecular complexity index is 758. The third-order valence-electron chi connectivity index (χ3n) is 4.18. The van der Waals surface area contributed by atoms with Gasteiger partial charge in [-0.1, -0.05) is 30.3 Å². The highest BCUT2D eigenvalue weighted by Gasteiger charge is 2.24. The van der Waals surface area contributed by atoms with Crippen LogP contribution in [0.3, 0.4) is 0 Å². The molecule has 2 aromatic carbocycles. The average Bonchev–Trinajstić information content (AvgIpc) is 2.63. The van der Waals surface area contributed by atoms with Crippen molar-refractivity contribution in [3.8, 4) is 5.75 Å². The molecular formula is C19H20N2O3. The van der Waals surface area contributed by atoms with Crippen LogP contribution in [0.15, 0.2) is 48.5 Å². The Hall–Kier alpha value is -2.82. The topological polar surface area (TPSA) is 49.9 Å². The van der Waals surface area contributed by atoms with Crippen LogP contribution >= 0.6 is 0 Å². The van der Waals surface area contributed by atoms with Crippen molar-refractivity contribution in [2.45, 2.75) is 13.5 Å². The van der Waals surface area contributed by atoms with Gasteiger partial charge in [-0.05, 0) is 30.7 Å². The molecule has 2 amide bonds. The lowest BCUT2D eigenvalue weighted by Gasteiger charge is -2.27. The molecule has 0 radical (unpaired) electrons. The van der Waals surface area contributed by atoms with Crippen LogP contribution in [0.2, 0.25) is 0 Å². The van der Waals surface area contributed by atoms with Crippen molar-refractivity contribution in [1.29, 1.82) is 0 Å². The number of likely N-dealkylation sites (N-methyl/N-ethyl adjacent to an activating group) is 1. The molecular weight excluding hydrogens is 304 g/mol. The van der Waals surface area contributed by atoms with Crippen molar-refractivity contribution in [1.82, 2.24) is 4.90 Å². The van der Waals surface area contributed by atoms with Crippen LogP contribution < -0.4 is 9.64 Å². The standard InChI is InChI=1S/C19H20N2O3/c1-3-21(12-14-7-5-4-6-8-14)19(23)15-9-10-17-16(11-15)20(2)18(22)13-24-17/h4-11H,3,12-13H2,1-2H3. The highest BCUT2D eigenvalue weighted by molar-refractivity contribution is 6.00. The highest BCUT2D eigenvalue weighted by Crippen LogP contribution is 2.32. The van der Waals surface area contributed by atoms with Gasteiger partial charge < -0.3 is 14.5 Å². The van der Waals surface area contributed by atoms with Crippen molar-refractivity contribution in [2.24, 2.45) is 0 Å². The van der Waals surface area contributed by atoms with Gasteiger partial charge in [0.1, 0.15) is 5.75 Å². The summed E-state index contributed by atoms with van der Waals surface area (Å²) in [4.78, 5) is 27.9. The first-order chi connectivity index (χ1) is 11.6. The Morgan fingerprint density at radius 3 is 2.67 bits per heavy atom. The number of hydrogen-bond acceptors (Lipinski definition) is 3. The largest absolute Gasteiger partial charge is 0.482 e. The van der Waals surface area contributed by atoms with Crippen molar-refractivity contribution in [3.63, 3.8) is 0 Å². The summed E-state index contributed by atoms with van der Waals surface area (Å²) in [6, 6.07) is 15.1. The molecule has 2 aromatic rings. The summed E-state index contributed by atoms with van der Waals surface area (Å²) in [7, 11) is 1.69. The zero-order valence-electron chi connectivity index (χ0n) is 13.9. The van der Waals surface area contributed by atoms with Gasteiger partial charge in [0.15, 0.2) is 6.61 Å². The second kappa shape index (κ2) is 6.74. The van der Waals surface area contributed by atoms with Crippen LogP contribution in [0.1, 0.15) is 22.8 Å². The summed E-state index contributed by atoms with van der Waals surface area (Å²) in [5.74, 6) is 0.444. The summed E-state index contributed by atoms with van der Waals surface area (Å²) < 4.78 is 5.41. The first-order valence-electron chi connectivity index (χ1n) is 7.96. The molecule has 0 bridgehead atoms. The number of amides is 2. The van der Waals surface area contributed by atoms with Crippen LogP contribution in [-0.4, -0.2) is 36.9 Å². The molecule has 0 saturated heterocycles. The molecule has 3 rings (SSSR count). The molecule has 5 nitrogen and oxygen atoms in total. The molecule has 1 aliphatic rings. The monoisotopic (exact) mass is 324 g/mol. The van der Waals surface area contributed by atoms with E-state index in [1.165, 1.54) is 4.90 Å². The summed E-state index contributed by atoms with van der Waals surface area (Å²) >= 11 is 0. The molecule has 0 atom stereocenters. The number of rotatable bonds is 4. The minimum atomic E-state index is -0.122. The predicted octanol–water partition coefficient (Wildman–Crippen LogP) is 2.70. The highest BCUT2D eigenvalue weighted by atomic mass is 16.5. The van der Waals surface area contributed by atoms with Crippen LogP contribution in [0, 0.1) is 0 Å². The fraction of sp³-hybridized carbons (Fsp3) is 0.263. The van der Waals surface area contributed by atoms with Crippen LogP contribution in [0.25, 0.3) is 0 Å². The van der Waals surface area contributed by atoms with Gasteiger partial charge >= 0.3 is 0 Å². The van der Waals surface area contributed by atoms with E-state index in [-0.39, 0.29) is 18.4 Å². The number of carbonyl (C=O) groups is 2. The summed E-state index contributed by atoms with van der Waals surface area (Å²) in [5.41, 5.74) is 2.27. The maximum atomic E-state index is 12.8. The van der Waals surface area contributed by atoms with E-state index in [0.29, 0.717) is 30.1 Å². The lowest BCUT2D eigenvalue weighted by molar-refractivity contribution is -0.120. The molecule has 0 spiro atoms. The molecule has 5 heteroatoms. The van der Waals surface area contributed by atoms with Gasteiger partial charge in [-0.3, -0.25) is 9.59 Å². The van der Waals surface area contributed by atoms with Gasteiger partial charge in [-0.15, -0.1) is 0 Å². The van der Waals surface area contributed by atoms with E-state index in [1.807, 2.05) is 37.3 Å². The predicted molar refractivity (Wildman–Crippen MR) is 92.2 cm³/mol. The molecule has 0 aliphatic carbocycles. The number of nitrogens with zero attached hydrogens (tertiary/aromatic N) is 2. The third-order valence-corrected chi connectivity index (χ3v) is 4.18. The number of benzene rings is 2. The molecule has 24 heavy (non-hydrogen) atoms. The second-order valence-electron chi connectivity index (χ2n) is 5.73. The fourth-order valence-electron chi connectivity index (χ4n) is 2.72. The van der Waals surface area contributed by atoms with Crippen LogP contribution in [-0.2, 0) is 11.3 Å². The minimum Gasteiger partial charge on any atom is -0.482 e. The van der Waals surface area contributed by atoms with E-state index < -0.39 is 0 Å². The number of carbonyl (C=O) groups excluding carboxylic acids is 2. The van der Waals surface area contributed by atoms with Gasteiger partial charge in [0.2, 0.25) is 0 Å². The van der Waals surface area contributed by atoms with E-state index in [2.05, 4.69) is 0 Å². The quantitative estimate of drug-likeness (QED) is 0.869. The Balaban J connectivity index is 1.85. The van der Waals surface area contributed by atoms with Crippen LogP contribution in [0.4, 0.5) is 5.69 Å². The number of hydrogen-bond donors (Lipinski definition) is 0. The molecule has 0 aromatic heterocycles. The van der Waals surface area contributed by atoms with Crippen molar-refractivity contribution < 1.29 is 14.3 Å². The Kier molecular flexibility index (Phi) is 4.51. The Morgan fingerprint density at radius 2 is 1.96 bits per heavy atom. The van der Waals surface area contributed by atoms with Gasteiger partial charge in [0, 0.05) is 25.7 Å². The maximum absolute atomic E-state index is 12.8. The Labute approximate surface area is 141 Å². The van der Waals surface area contributed by atoms with Gasteiger partial charge in [0.05, 0.1) is 5.69 Å². The van der Waals surface area contributed by atoms with Gasteiger partial charge in [0.25, 0.3) is 11.8 Å². The molecule has 0 saturated carbocycles. The zero-order chi connectivity index (χ0) is 17.1. The van der Waals surface area contributed by atoms with E-state index in [4.69, 9.17) is 4.74 Å². The number of fused-ring (bicyclic) bond motifs is 1. The average molecular weight is 324 g/mol. The molecule has 0 unspecified atom stereocenters. The smallest absolute Gasteiger partial charge is 0.264 e. The lowest BCUT2D eigenvalue weighted by atomic mass is 10.1. The molecule has 0 fully saturated rings. The normalized spacial score (nSPS) is 13.2. The minimum absolute atomic E-state index is 0.0336. The van der Waals surface area contributed by atoms with E-state index in [0.717, 1.165) is 5.56 Å². The number of anilines is 1. The molecule has 1 heterocycles. The molecule has 1 aliphatic heterocycles. The Morgan fingerprint density at radius 1 is 1.21 bits per heavy atom.